The van der Waals surface area contributed by atoms with Gasteiger partial charge < -0.3 is 10.4 Å². The molecule has 1 unspecified atom stereocenters. The van der Waals surface area contributed by atoms with Crippen molar-refractivity contribution >= 4 is 17.6 Å². The highest BCUT2D eigenvalue weighted by Crippen LogP contribution is 2.45. The van der Waals surface area contributed by atoms with Gasteiger partial charge >= 0.3 is 6.18 Å². The van der Waals surface area contributed by atoms with Crippen LogP contribution < -0.4 is 10.2 Å². The van der Waals surface area contributed by atoms with E-state index < -0.39 is 47.4 Å². The fraction of sp³-hybridized carbons (Fsp3) is 0.233. The number of nitrogens with zero attached hydrogens (tertiary/aromatic N) is 3. The van der Waals surface area contributed by atoms with E-state index in [1.807, 2.05) is 6.07 Å². The Bertz CT molecular complexity index is 1580. The molecule has 7 nitrogen and oxygen atoms in total. The highest BCUT2D eigenvalue weighted by atomic mass is 19.4. The number of aromatic nitrogens is 2. The summed E-state index contributed by atoms with van der Waals surface area (Å²) < 4.78 is 55.5. The lowest BCUT2D eigenvalue weighted by Gasteiger charge is -2.38. The fourth-order valence-electron chi connectivity index (χ4n) is 5.18. The van der Waals surface area contributed by atoms with Gasteiger partial charge in [0.15, 0.2) is 0 Å². The monoisotopic (exact) mass is 566 g/mol. The largest absolute Gasteiger partial charge is 0.416 e. The molecule has 0 aliphatic carbocycles. The smallest absolute Gasteiger partial charge is 0.387 e. The predicted octanol–water partition coefficient (Wildman–Crippen LogP) is 5.38. The molecule has 1 aliphatic heterocycles. The van der Waals surface area contributed by atoms with Gasteiger partial charge in [0.1, 0.15) is 17.7 Å². The summed E-state index contributed by atoms with van der Waals surface area (Å²) in [6.45, 7) is 3.41. The molecule has 11 heteroatoms. The van der Waals surface area contributed by atoms with Crippen molar-refractivity contribution in [2.75, 3.05) is 11.4 Å². The Morgan fingerprint density at radius 3 is 2.34 bits per heavy atom. The van der Waals surface area contributed by atoms with Crippen molar-refractivity contribution in [3.63, 3.8) is 0 Å². The zero-order valence-corrected chi connectivity index (χ0v) is 22.1. The first-order chi connectivity index (χ1) is 19.5. The molecule has 0 spiro atoms. The second kappa shape index (κ2) is 10.8. The quantitative estimate of drug-likeness (QED) is 0.307. The van der Waals surface area contributed by atoms with Crippen LogP contribution in [0.1, 0.15) is 58.6 Å². The summed E-state index contributed by atoms with van der Waals surface area (Å²) in [7, 11) is 0. The number of carbonyl (C=O) groups is 2. The lowest BCUT2D eigenvalue weighted by Crippen LogP contribution is -2.55. The number of rotatable bonds is 6. The van der Waals surface area contributed by atoms with Crippen LogP contribution >= 0.6 is 0 Å². The van der Waals surface area contributed by atoms with E-state index in [1.165, 1.54) is 42.2 Å². The number of fused-ring (bicyclic) bond motifs is 1. The van der Waals surface area contributed by atoms with Gasteiger partial charge in [0, 0.05) is 23.6 Å². The first-order valence-electron chi connectivity index (χ1n) is 12.9. The Labute approximate surface area is 233 Å². The van der Waals surface area contributed by atoms with Crippen LogP contribution in [0.4, 0.5) is 23.4 Å². The number of aliphatic hydroxyl groups excluding tert-OH is 1. The van der Waals surface area contributed by atoms with Crippen LogP contribution in [0, 0.1) is 5.82 Å². The van der Waals surface area contributed by atoms with Crippen molar-refractivity contribution in [3.05, 3.63) is 113 Å². The topological polar surface area (TPSA) is 87.5 Å². The highest BCUT2D eigenvalue weighted by molar-refractivity contribution is 6.05. The average Bonchev–Trinajstić information content (AvgIpc) is 3.34. The maximum absolute atomic E-state index is 14.1. The van der Waals surface area contributed by atoms with Crippen LogP contribution in [-0.4, -0.2) is 39.3 Å². The molecule has 3 aromatic carbocycles. The molecule has 0 radical (unpaired) electrons. The van der Waals surface area contributed by atoms with Crippen molar-refractivity contribution in [2.45, 2.75) is 38.1 Å². The first kappa shape index (κ1) is 28.0. The molecular weight excluding hydrogens is 540 g/mol. The molecule has 2 heterocycles. The van der Waals surface area contributed by atoms with Gasteiger partial charge in [-0.25, -0.2) is 9.07 Å². The number of likely N-dealkylation sites (N-methyl/N-ethyl adjacent to an activating group) is 1. The molecular formula is C30H26F4N4O3. The molecule has 2 amide bonds. The summed E-state index contributed by atoms with van der Waals surface area (Å²) in [6, 6.07) is 16.9. The second-order valence-corrected chi connectivity index (χ2v) is 9.69. The van der Waals surface area contributed by atoms with Crippen molar-refractivity contribution in [1.29, 1.82) is 0 Å². The van der Waals surface area contributed by atoms with Crippen LogP contribution in [0.3, 0.4) is 0 Å². The van der Waals surface area contributed by atoms with E-state index in [0.717, 1.165) is 12.1 Å². The Morgan fingerprint density at radius 1 is 1.05 bits per heavy atom. The van der Waals surface area contributed by atoms with Gasteiger partial charge in [0.2, 0.25) is 0 Å². The minimum Gasteiger partial charge on any atom is -0.387 e. The molecule has 4 aromatic rings. The third-order valence-corrected chi connectivity index (χ3v) is 7.04. The number of hydrogen-bond acceptors (Lipinski definition) is 4. The number of halogens is 4. The summed E-state index contributed by atoms with van der Waals surface area (Å²) in [4.78, 5) is 28.8. The SMILES string of the molecule is CCN1C(=O)[C@H](NC(=O)c2cccc(C(F)(F)F)c2)[C@H](c2ccc(F)cc2)c2c(C(C)O)nn(-c3ccccc3)c21. The molecule has 0 saturated heterocycles. The van der Waals surface area contributed by atoms with Gasteiger partial charge in [0.05, 0.1) is 23.0 Å². The Kier molecular flexibility index (Phi) is 7.39. The van der Waals surface area contributed by atoms with E-state index in [2.05, 4.69) is 10.4 Å². The highest BCUT2D eigenvalue weighted by Gasteiger charge is 2.46. The van der Waals surface area contributed by atoms with Gasteiger partial charge in [0.25, 0.3) is 11.8 Å². The van der Waals surface area contributed by atoms with Crippen molar-refractivity contribution in [1.82, 2.24) is 15.1 Å². The maximum Gasteiger partial charge on any atom is 0.416 e. The van der Waals surface area contributed by atoms with Crippen LogP contribution in [-0.2, 0) is 11.0 Å². The van der Waals surface area contributed by atoms with Crippen LogP contribution in [0.15, 0.2) is 78.9 Å². The molecule has 1 aromatic heterocycles. The van der Waals surface area contributed by atoms with Gasteiger partial charge in [-0.3, -0.25) is 14.5 Å². The van der Waals surface area contributed by atoms with E-state index in [1.54, 1.807) is 35.9 Å². The van der Waals surface area contributed by atoms with E-state index in [-0.39, 0.29) is 17.8 Å². The summed E-state index contributed by atoms with van der Waals surface area (Å²) in [5, 5.41) is 18.1. The number of anilines is 1. The minimum absolute atomic E-state index is 0.162. The van der Waals surface area contributed by atoms with Gasteiger partial charge in [-0.15, -0.1) is 0 Å². The number of carbonyl (C=O) groups excluding carboxylic acids is 2. The van der Waals surface area contributed by atoms with E-state index in [0.29, 0.717) is 28.7 Å². The molecule has 212 valence electrons. The fourth-order valence-corrected chi connectivity index (χ4v) is 5.18. The molecule has 1 aliphatic rings. The molecule has 41 heavy (non-hydrogen) atoms. The molecule has 3 atom stereocenters. The number of amides is 2. The number of para-hydroxylation sites is 1. The number of aliphatic hydroxyl groups is 1. The normalized spacial score (nSPS) is 17.7. The minimum atomic E-state index is -4.67. The lowest BCUT2D eigenvalue weighted by atomic mass is 9.80. The number of nitrogens with one attached hydrogen (secondary N) is 1. The van der Waals surface area contributed by atoms with Crippen LogP contribution in [0.2, 0.25) is 0 Å². The summed E-state index contributed by atoms with van der Waals surface area (Å²) >= 11 is 0. The first-order valence-corrected chi connectivity index (χ1v) is 12.9. The molecule has 5 rings (SSSR count). The summed E-state index contributed by atoms with van der Waals surface area (Å²) in [6.07, 6.45) is -5.76. The summed E-state index contributed by atoms with van der Waals surface area (Å²) in [5.41, 5.74) is 0.448. The zero-order valence-electron chi connectivity index (χ0n) is 22.1. The maximum atomic E-state index is 14.1. The van der Waals surface area contributed by atoms with Gasteiger partial charge in [-0.1, -0.05) is 36.4 Å². The molecule has 0 bridgehead atoms. The van der Waals surface area contributed by atoms with Gasteiger partial charge in [-0.2, -0.15) is 18.3 Å². The number of hydrogen-bond donors (Lipinski definition) is 2. The van der Waals surface area contributed by atoms with Crippen molar-refractivity contribution in [3.8, 4) is 5.69 Å². The predicted molar refractivity (Wildman–Crippen MR) is 143 cm³/mol. The Morgan fingerprint density at radius 2 is 1.73 bits per heavy atom. The lowest BCUT2D eigenvalue weighted by molar-refractivity contribution is -0.137. The van der Waals surface area contributed by atoms with Crippen LogP contribution in [0.5, 0.6) is 0 Å². The third kappa shape index (κ3) is 5.20. The third-order valence-electron chi connectivity index (χ3n) is 7.04. The molecule has 0 fully saturated rings. The Hall–Kier alpha value is -4.51. The van der Waals surface area contributed by atoms with E-state index in [4.69, 9.17) is 0 Å². The summed E-state index contributed by atoms with van der Waals surface area (Å²) in [5.74, 6) is -2.53. The molecule has 0 saturated carbocycles. The number of benzene rings is 3. The van der Waals surface area contributed by atoms with Gasteiger partial charge in [-0.05, 0) is 61.9 Å². The standard InChI is InChI=1S/C30H26F4N4O3/c1-3-37-28-24(25(17(2)39)36-38(28)22-10-5-4-6-11-22)23(18-12-14-21(31)15-13-18)26(29(37)41)35-27(40)19-8-7-9-20(16-19)30(32,33)34/h4-17,23,26,39H,3H2,1-2H3,(H,35,40)/t17?,23-,26-/m1/s1. The average molecular weight is 567 g/mol. The van der Waals surface area contributed by atoms with Crippen LogP contribution in [0.25, 0.3) is 5.69 Å². The van der Waals surface area contributed by atoms with Crippen molar-refractivity contribution < 1.29 is 32.3 Å². The zero-order chi connectivity index (χ0) is 29.5. The molecule has 2 N–H and O–H groups in total. The van der Waals surface area contributed by atoms with E-state index in [9.17, 15) is 32.3 Å². The van der Waals surface area contributed by atoms with Crippen molar-refractivity contribution in [2.24, 2.45) is 0 Å². The second-order valence-electron chi connectivity index (χ2n) is 9.69. The van der Waals surface area contributed by atoms with E-state index >= 15 is 0 Å². The number of alkyl halides is 3. The Balaban J connectivity index is 1.70.